The summed E-state index contributed by atoms with van der Waals surface area (Å²) in [5.41, 5.74) is 0. The molecule has 0 bridgehead atoms. The number of nitrogens with zero attached hydrogens (tertiary/aromatic N) is 1. The summed E-state index contributed by atoms with van der Waals surface area (Å²) in [6.07, 6.45) is 17.5. The molecule has 0 heterocycles. The summed E-state index contributed by atoms with van der Waals surface area (Å²) < 4.78 is 27.5. The third-order valence-corrected chi connectivity index (χ3v) is 6.29. The number of rotatable bonds is 27. The molecule has 0 aliphatic rings. The molecule has 0 aromatic heterocycles. The maximum atomic E-state index is 12.3. The second-order valence-electron chi connectivity index (χ2n) is 10.1. The number of ether oxygens (including phenoxy) is 5. The Morgan fingerprint density at radius 3 is 1.80 bits per heavy atom. The van der Waals surface area contributed by atoms with E-state index in [9.17, 15) is 9.59 Å². The average molecular weight is 570 g/mol. The van der Waals surface area contributed by atoms with Gasteiger partial charge in [-0.2, -0.15) is 0 Å². The van der Waals surface area contributed by atoms with Gasteiger partial charge in [-0.05, 0) is 45.2 Å². The molecule has 0 fully saturated rings. The van der Waals surface area contributed by atoms with Crippen LogP contribution >= 0.6 is 0 Å². The van der Waals surface area contributed by atoms with Crippen LogP contribution in [0, 0.1) is 5.92 Å². The van der Waals surface area contributed by atoms with Crippen molar-refractivity contribution in [2.24, 2.45) is 5.92 Å². The Labute approximate surface area is 244 Å². The summed E-state index contributed by atoms with van der Waals surface area (Å²) in [5.74, 6) is -0.448. The summed E-state index contributed by atoms with van der Waals surface area (Å²) >= 11 is 0. The fourth-order valence-corrected chi connectivity index (χ4v) is 3.69. The van der Waals surface area contributed by atoms with Gasteiger partial charge in [0.15, 0.2) is 6.29 Å². The zero-order chi connectivity index (χ0) is 29.7. The van der Waals surface area contributed by atoms with E-state index < -0.39 is 12.4 Å². The lowest BCUT2D eigenvalue weighted by Gasteiger charge is -2.18. The van der Waals surface area contributed by atoms with Gasteiger partial charge in [0.25, 0.3) is 0 Å². The first-order valence-corrected chi connectivity index (χ1v) is 15.7. The van der Waals surface area contributed by atoms with Crippen LogP contribution in [0.3, 0.4) is 0 Å². The molecule has 0 aromatic rings. The zero-order valence-corrected chi connectivity index (χ0v) is 26.2. The number of allylic oxidation sites excluding steroid dienone is 2. The molecule has 0 amide bonds. The van der Waals surface area contributed by atoms with E-state index in [0.717, 1.165) is 51.7 Å². The highest BCUT2D eigenvalue weighted by Gasteiger charge is 2.15. The van der Waals surface area contributed by atoms with Gasteiger partial charge in [0.05, 0.1) is 32.8 Å². The van der Waals surface area contributed by atoms with E-state index in [-0.39, 0.29) is 31.5 Å². The van der Waals surface area contributed by atoms with Crippen molar-refractivity contribution in [3.05, 3.63) is 24.3 Å². The quantitative estimate of drug-likeness (QED) is 0.0436. The summed E-state index contributed by atoms with van der Waals surface area (Å²) in [7, 11) is 0. The lowest BCUT2D eigenvalue weighted by atomic mass is 10.2. The van der Waals surface area contributed by atoms with E-state index in [2.05, 4.69) is 56.9 Å². The minimum atomic E-state index is -0.685. The number of carbonyl (C=O) groups is 2. The molecule has 0 saturated carbocycles. The smallest absolute Gasteiger partial charge is 0.465 e. The van der Waals surface area contributed by atoms with Gasteiger partial charge < -0.3 is 28.6 Å². The molecule has 8 nitrogen and oxygen atoms in total. The van der Waals surface area contributed by atoms with Gasteiger partial charge in [-0.1, -0.05) is 84.6 Å². The van der Waals surface area contributed by atoms with Gasteiger partial charge in [0.1, 0.15) is 6.61 Å². The summed E-state index contributed by atoms with van der Waals surface area (Å²) in [6.45, 7) is 15.0. The lowest BCUT2D eigenvalue weighted by molar-refractivity contribution is -0.158. The molecule has 0 aliphatic carbocycles. The van der Waals surface area contributed by atoms with Crippen molar-refractivity contribution in [2.45, 2.75) is 112 Å². The van der Waals surface area contributed by atoms with Crippen LogP contribution in [-0.4, -0.2) is 76.0 Å². The number of esters is 1. The third-order valence-electron chi connectivity index (χ3n) is 6.29. The Hall–Kier alpha value is -1.90. The molecule has 0 N–H and O–H groups in total. The SMILES string of the molecule is CCCC/C=C\CCOC(CCC(=O)OCC(C)COC(=O)OCCCN(CC)CC)OCC/C=C\CCCC. The number of carbonyl (C=O) groups excluding carboxylic acids is 2. The van der Waals surface area contributed by atoms with Crippen molar-refractivity contribution in [3.8, 4) is 0 Å². The van der Waals surface area contributed by atoms with Crippen molar-refractivity contribution in [1.29, 1.82) is 0 Å². The summed E-state index contributed by atoms with van der Waals surface area (Å²) in [5, 5.41) is 0. The zero-order valence-electron chi connectivity index (χ0n) is 26.2. The van der Waals surface area contributed by atoms with E-state index >= 15 is 0 Å². The topological polar surface area (TPSA) is 83.5 Å². The first kappa shape index (κ1) is 38.1. The Bertz CT molecular complexity index is 625. The van der Waals surface area contributed by atoms with E-state index in [1.807, 2.05) is 6.92 Å². The van der Waals surface area contributed by atoms with Crippen molar-refractivity contribution < 1.29 is 33.3 Å². The van der Waals surface area contributed by atoms with Crippen LogP contribution in [0.2, 0.25) is 0 Å². The predicted molar refractivity (Wildman–Crippen MR) is 161 cm³/mol. The van der Waals surface area contributed by atoms with Gasteiger partial charge in [-0.25, -0.2) is 4.79 Å². The summed E-state index contributed by atoms with van der Waals surface area (Å²) in [4.78, 5) is 26.4. The Kier molecular flexibility index (Phi) is 27.3. The molecular formula is C32H59NO7. The average Bonchev–Trinajstić information content (AvgIpc) is 2.96. The highest BCUT2D eigenvalue weighted by molar-refractivity contribution is 5.69. The van der Waals surface area contributed by atoms with Gasteiger partial charge in [0, 0.05) is 18.9 Å². The molecule has 1 unspecified atom stereocenters. The lowest BCUT2D eigenvalue weighted by Crippen LogP contribution is -2.25. The molecule has 40 heavy (non-hydrogen) atoms. The predicted octanol–water partition coefficient (Wildman–Crippen LogP) is 7.46. The van der Waals surface area contributed by atoms with Crippen LogP contribution in [0.25, 0.3) is 0 Å². The van der Waals surface area contributed by atoms with Crippen LogP contribution in [0.5, 0.6) is 0 Å². The van der Waals surface area contributed by atoms with Crippen LogP contribution < -0.4 is 0 Å². The first-order chi connectivity index (χ1) is 19.5. The van der Waals surface area contributed by atoms with Crippen molar-refractivity contribution >= 4 is 12.1 Å². The van der Waals surface area contributed by atoms with E-state index in [4.69, 9.17) is 23.7 Å². The number of unbranched alkanes of at least 4 members (excludes halogenated alkanes) is 4. The standard InChI is InChI=1S/C32H59NO7/c1-6-10-12-14-16-18-24-36-31(37-25-19-17-15-13-11-7-2)22-21-30(34)39-27-29(5)28-40-32(35)38-26-20-23-33(8-3)9-4/h14-17,29,31H,6-13,18-28H2,1-5H3/b16-14-,17-15-. The number of hydrogen-bond acceptors (Lipinski definition) is 8. The van der Waals surface area contributed by atoms with E-state index in [0.29, 0.717) is 26.2 Å². The largest absolute Gasteiger partial charge is 0.508 e. The van der Waals surface area contributed by atoms with Gasteiger partial charge in [-0.3, -0.25) is 4.79 Å². The van der Waals surface area contributed by atoms with Crippen LogP contribution in [-0.2, 0) is 28.5 Å². The van der Waals surface area contributed by atoms with Gasteiger partial charge in [-0.15, -0.1) is 0 Å². The second-order valence-corrected chi connectivity index (χ2v) is 10.1. The Morgan fingerprint density at radius 1 is 0.700 bits per heavy atom. The fourth-order valence-electron chi connectivity index (χ4n) is 3.69. The second kappa shape index (κ2) is 28.6. The molecule has 0 saturated heterocycles. The molecule has 0 spiro atoms. The van der Waals surface area contributed by atoms with E-state index in [1.165, 1.54) is 25.7 Å². The molecule has 234 valence electrons. The molecule has 1 atom stereocenters. The highest BCUT2D eigenvalue weighted by Crippen LogP contribution is 2.10. The molecule has 0 rings (SSSR count). The van der Waals surface area contributed by atoms with E-state index in [1.54, 1.807) is 0 Å². The van der Waals surface area contributed by atoms with Crippen molar-refractivity contribution in [2.75, 3.05) is 52.7 Å². The monoisotopic (exact) mass is 569 g/mol. The normalized spacial score (nSPS) is 12.6. The molecule has 0 radical (unpaired) electrons. The molecule has 0 aliphatic heterocycles. The van der Waals surface area contributed by atoms with Crippen molar-refractivity contribution in [3.63, 3.8) is 0 Å². The van der Waals surface area contributed by atoms with Gasteiger partial charge in [0.2, 0.25) is 0 Å². The van der Waals surface area contributed by atoms with Gasteiger partial charge >= 0.3 is 12.1 Å². The maximum absolute atomic E-state index is 12.3. The molecule has 0 aromatic carbocycles. The minimum absolute atomic E-state index is 0.130. The fraction of sp³-hybridized carbons (Fsp3) is 0.812. The highest BCUT2D eigenvalue weighted by atomic mass is 16.7. The Balaban J connectivity index is 4.26. The minimum Gasteiger partial charge on any atom is -0.465 e. The molecular weight excluding hydrogens is 510 g/mol. The van der Waals surface area contributed by atoms with Crippen molar-refractivity contribution in [1.82, 2.24) is 4.90 Å². The maximum Gasteiger partial charge on any atom is 0.508 e. The Morgan fingerprint density at radius 2 is 1.25 bits per heavy atom. The van der Waals surface area contributed by atoms with Crippen LogP contribution in [0.1, 0.15) is 105 Å². The van der Waals surface area contributed by atoms with Crippen LogP contribution in [0.4, 0.5) is 4.79 Å². The van der Waals surface area contributed by atoms with Crippen LogP contribution in [0.15, 0.2) is 24.3 Å². The third kappa shape index (κ3) is 25.1. The molecule has 8 heteroatoms. The summed E-state index contributed by atoms with van der Waals surface area (Å²) in [6, 6.07) is 0. The number of hydrogen-bond donors (Lipinski definition) is 0. The first-order valence-electron chi connectivity index (χ1n) is 15.7.